The monoisotopic (exact) mass is 403 g/mol. The molecule has 1 unspecified atom stereocenters. The van der Waals surface area contributed by atoms with Gasteiger partial charge < -0.3 is 9.15 Å². The molecule has 28 heavy (non-hydrogen) atoms. The summed E-state index contributed by atoms with van der Waals surface area (Å²) in [4.78, 5) is 8.16. The first kappa shape index (κ1) is 18.3. The highest BCUT2D eigenvalue weighted by atomic mass is 35.5. The maximum atomic E-state index is 12.6. The Morgan fingerprint density at radius 2 is 1.89 bits per heavy atom. The highest BCUT2D eigenvalue weighted by Gasteiger charge is 2.53. The van der Waals surface area contributed by atoms with Crippen molar-refractivity contribution in [2.24, 2.45) is 5.41 Å². The van der Waals surface area contributed by atoms with Gasteiger partial charge in [0.15, 0.2) is 0 Å². The summed E-state index contributed by atoms with van der Waals surface area (Å²) in [5.41, 5.74) is 0.253. The molecule has 0 bridgehead atoms. The predicted octanol–water partition coefficient (Wildman–Crippen LogP) is 4.54. The van der Waals surface area contributed by atoms with E-state index in [0.717, 1.165) is 0 Å². The average Bonchev–Trinajstić information content (AvgIpc) is 3.34. The molecule has 0 radical (unpaired) electrons. The number of halogens is 3. The van der Waals surface area contributed by atoms with Crippen LogP contribution in [0, 0.1) is 16.7 Å². The summed E-state index contributed by atoms with van der Waals surface area (Å²) in [7, 11) is 0. The lowest BCUT2D eigenvalue weighted by atomic mass is 9.94. The first-order chi connectivity index (χ1) is 13.5. The fourth-order valence-electron chi connectivity index (χ4n) is 2.76. The number of hydrogen-bond acceptors (Lipinski definition) is 7. The quantitative estimate of drug-likeness (QED) is 0.595. The minimum absolute atomic E-state index is 0.0174. The highest BCUT2D eigenvalue weighted by Crippen LogP contribution is 2.56. The van der Waals surface area contributed by atoms with Gasteiger partial charge in [-0.15, -0.1) is 10.2 Å². The largest absolute Gasteiger partial charge is 0.453 e. The van der Waals surface area contributed by atoms with Crippen molar-refractivity contribution in [2.75, 3.05) is 0 Å². The van der Waals surface area contributed by atoms with Gasteiger partial charge in [0.1, 0.15) is 6.10 Å². The Bertz CT molecular complexity index is 1030. The SMILES string of the molecule is N#CC1(C(Oc2ncc(-c3nnc(C(F)F)o3)cn2)c2ccccc2Cl)CC1. The van der Waals surface area contributed by atoms with E-state index in [9.17, 15) is 14.0 Å². The fraction of sp³-hybridized carbons (Fsp3) is 0.278. The molecular formula is C18H12ClF2N5O2. The molecule has 1 atom stereocenters. The summed E-state index contributed by atoms with van der Waals surface area (Å²) >= 11 is 6.29. The second kappa shape index (κ2) is 7.13. The van der Waals surface area contributed by atoms with Gasteiger partial charge in [-0.2, -0.15) is 14.0 Å². The van der Waals surface area contributed by atoms with Gasteiger partial charge >= 0.3 is 12.4 Å². The van der Waals surface area contributed by atoms with Crippen molar-refractivity contribution < 1.29 is 17.9 Å². The molecule has 2 aromatic heterocycles. The standard InChI is InChI=1S/C18H12ClF2N5O2/c19-12-4-2-1-3-11(12)13(18(9-22)5-6-18)27-17-23-7-10(8-24-17)15-25-26-16(28-15)14(20)21/h1-4,7-8,13-14H,5-6H2. The number of ether oxygens (including phenoxy) is 1. The summed E-state index contributed by atoms with van der Waals surface area (Å²) in [6.07, 6.45) is 0.500. The Morgan fingerprint density at radius 3 is 2.46 bits per heavy atom. The van der Waals surface area contributed by atoms with Crippen LogP contribution < -0.4 is 4.74 Å². The summed E-state index contributed by atoms with van der Waals surface area (Å²) in [6, 6.07) is 9.44. The van der Waals surface area contributed by atoms with Crippen LogP contribution in [0.25, 0.3) is 11.5 Å². The average molecular weight is 404 g/mol. The van der Waals surface area contributed by atoms with Gasteiger partial charge in [-0.05, 0) is 18.9 Å². The zero-order valence-corrected chi connectivity index (χ0v) is 15.0. The van der Waals surface area contributed by atoms with Crippen LogP contribution in [0.5, 0.6) is 6.01 Å². The molecule has 7 nitrogen and oxygen atoms in total. The number of nitrogens with zero attached hydrogens (tertiary/aromatic N) is 5. The molecule has 0 spiro atoms. The molecule has 1 aliphatic carbocycles. The van der Waals surface area contributed by atoms with Crippen molar-refractivity contribution in [2.45, 2.75) is 25.4 Å². The predicted molar refractivity (Wildman–Crippen MR) is 92.4 cm³/mol. The normalized spacial score (nSPS) is 15.8. The third-order valence-electron chi connectivity index (χ3n) is 4.43. The third-order valence-corrected chi connectivity index (χ3v) is 4.77. The summed E-state index contributed by atoms with van der Waals surface area (Å²) in [5.74, 6) is -0.904. The minimum atomic E-state index is -2.86. The minimum Gasteiger partial charge on any atom is -0.453 e. The molecule has 0 saturated heterocycles. The molecule has 1 aromatic carbocycles. The third kappa shape index (κ3) is 3.39. The van der Waals surface area contributed by atoms with E-state index in [1.807, 2.05) is 6.07 Å². The van der Waals surface area contributed by atoms with Crippen LogP contribution in [0.3, 0.4) is 0 Å². The number of alkyl halides is 2. The second-order valence-electron chi connectivity index (χ2n) is 6.29. The smallest absolute Gasteiger partial charge is 0.316 e. The zero-order valence-electron chi connectivity index (χ0n) is 14.2. The van der Waals surface area contributed by atoms with Crippen LogP contribution in [-0.4, -0.2) is 20.2 Å². The summed E-state index contributed by atoms with van der Waals surface area (Å²) in [5, 5.41) is 16.9. The van der Waals surface area contributed by atoms with E-state index < -0.39 is 23.8 Å². The first-order valence-corrected chi connectivity index (χ1v) is 8.66. The van der Waals surface area contributed by atoms with Crippen molar-refractivity contribution in [1.82, 2.24) is 20.2 Å². The van der Waals surface area contributed by atoms with E-state index in [1.54, 1.807) is 18.2 Å². The van der Waals surface area contributed by atoms with E-state index in [2.05, 4.69) is 26.2 Å². The van der Waals surface area contributed by atoms with E-state index >= 15 is 0 Å². The molecule has 3 aromatic rings. The van der Waals surface area contributed by atoms with Gasteiger partial charge in [-0.1, -0.05) is 29.8 Å². The number of rotatable bonds is 6. The number of aromatic nitrogens is 4. The van der Waals surface area contributed by atoms with Gasteiger partial charge in [0.05, 0.1) is 17.0 Å². The molecule has 0 N–H and O–H groups in total. The van der Waals surface area contributed by atoms with Gasteiger partial charge in [0.2, 0.25) is 0 Å². The molecule has 10 heteroatoms. The van der Waals surface area contributed by atoms with Gasteiger partial charge in [-0.25, -0.2) is 9.97 Å². The van der Waals surface area contributed by atoms with Crippen molar-refractivity contribution in [1.29, 1.82) is 5.26 Å². The lowest BCUT2D eigenvalue weighted by Crippen LogP contribution is -2.20. The Labute approximate surface area is 163 Å². The fourth-order valence-corrected chi connectivity index (χ4v) is 3.00. The molecule has 142 valence electrons. The Kier molecular flexibility index (Phi) is 4.65. The lowest BCUT2D eigenvalue weighted by molar-refractivity contribution is 0.116. The van der Waals surface area contributed by atoms with Crippen molar-refractivity contribution in [3.05, 3.63) is 53.1 Å². The van der Waals surface area contributed by atoms with E-state index in [0.29, 0.717) is 23.4 Å². The molecule has 1 aliphatic rings. The molecule has 0 aliphatic heterocycles. The van der Waals surface area contributed by atoms with Crippen molar-refractivity contribution in [3.8, 4) is 23.5 Å². The number of benzene rings is 1. The molecule has 2 heterocycles. The second-order valence-corrected chi connectivity index (χ2v) is 6.70. The van der Waals surface area contributed by atoms with Gasteiger partial charge in [-0.3, -0.25) is 0 Å². The topological polar surface area (TPSA) is 97.7 Å². The lowest BCUT2D eigenvalue weighted by Gasteiger charge is -2.23. The molecule has 1 saturated carbocycles. The first-order valence-electron chi connectivity index (χ1n) is 8.29. The molecule has 0 amide bonds. The van der Waals surface area contributed by atoms with Crippen LogP contribution >= 0.6 is 11.6 Å². The maximum Gasteiger partial charge on any atom is 0.316 e. The maximum absolute atomic E-state index is 12.6. The Morgan fingerprint density at radius 1 is 1.18 bits per heavy atom. The number of hydrogen-bond donors (Lipinski definition) is 0. The van der Waals surface area contributed by atoms with Crippen LogP contribution in [-0.2, 0) is 0 Å². The van der Waals surface area contributed by atoms with Crippen LogP contribution in [0.15, 0.2) is 41.1 Å². The van der Waals surface area contributed by atoms with Crippen LogP contribution in [0.2, 0.25) is 5.02 Å². The Balaban J connectivity index is 1.59. The summed E-state index contributed by atoms with van der Waals surface area (Å²) < 4.78 is 35.9. The molecule has 4 rings (SSSR count). The summed E-state index contributed by atoms with van der Waals surface area (Å²) in [6.45, 7) is 0. The van der Waals surface area contributed by atoms with E-state index in [1.165, 1.54) is 12.4 Å². The highest BCUT2D eigenvalue weighted by molar-refractivity contribution is 6.31. The van der Waals surface area contributed by atoms with Gasteiger partial charge in [0, 0.05) is 23.0 Å². The van der Waals surface area contributed by atoms with E-state index in [4.69, 9.17) is 20.8 Å². The van der Waals surface area contributed by atoms with Crippen LogP contribution in [0.1, 0.15) is 36.8 Å². The Hall–Kier alpha value is -3.12. The van der Waals surface area contributed by atoms with Crippen LogP contribution in [0.4, 0.5) is 8.78 Å². The molecule has 1 fully saturated rings. The van der Waals surface area contributed by atoms with E-state index in [-0.39, 0.29) is 17.5 Å². The molecular weight excluding hydrogens is 392 g/mol. The van der Waals surface area contributed by atoms with Gasteiger partial charge in [0.25, 0.3) is 11.8 Å². The van der Waals surface area contributed by atoms with Crippen molar-refractivity contribution >= 4 is 11.6 Å². The zero-order chi connectivity index (χ0) is 19.7. The number of nitriles is 1. The van der Waals surface area contributed by atoms with Crippen molar-refractivity contribution in [3.63, 3.8) is 0 Å².